The lowest BCUT2D eigenvalue weighted by atomic mass is 9.84. The lowest BCUT2D eigenvalue weighted by molar-refractivity contribution is 0.0191. The summed E-state index contributed by atoms with van der Waals surface area (Å²) >= 11 is 0. The van der Waals surface area contributed by atoms with Gasteiger partial charge in [0.1, 0.15) is 0 Å². The maximum Gasteiger partial charge on any atom is 0.200 e. The first kappa shape index (κ1) is 19.7. The molecule has 0 amide bonds. The number of hydrogen-bond acceptors (Lipinski definition) is 7. The van der Waals surface area contributed by atoms with Gasteiger partial charge in [0.05, 0.1) is 53.9 Å². The molecule has 0 saturated carbocycles. The molecule has 156 valence electrons. The number of phenols is 1. The number of aromatic hydroxyl groups is 1. The van der Waals surface area contributed by atoms with Gasteiger partial charge in [-0.15, -0.1) is 0 Å². The fourth-order valence-corrected chi connectivity index (χ4v) is 4.34. The SMILES string of the molecule is COc1ccc([C@H]2OC[C@H]3[C@@H]2CO[C@@H]3c2cc(OC)c(O)c(OC)c2)cc1OC. The fraction of sp³-hybridized carbons (Fsp3) is 0.455. The molecule has 0 spiro atoms. The number of rotatable bonds is 6. The Morgan fingerprint density at radius 2 is 1.17 bits per heavy atom. The third-order valence-electron chi connectivity index (χ3n) is 5.83. The molecule has 7 nitrogen and oxygen atoms in total. The van der Waals surface area contributed by atoms with Gasteiger partial charge in [-0.25, -0.2) is 0 Å². The zero-order valence-corrected chi connectivity index (χ0v) is 17.0. The van der Waals surface area contributed by atoms with Crippen LogP contribution >= 0.6 is 0 Å². The summed E-state index contributed by atoms with van der Waals surface area (Å²) in [5, 5.41) is 10.2. The Kier molecular flexibility index (Phi) is 5.43. The van der Waals surface area contributed by atoms with E-state index in [1.165, 1.54) is 14.2 Å². The second-order valence-corrected chi connectivity index (χ2v) is 7.22. The summed E-state index contributed by atoms with van der Waals surface area (Å²) in [5.74, 6) is 2.48. The number of methoxy groups -OCH3 is 4. The summed E-state index contributed by atoms with van der Waals surface area (Å²) in [6.07, 6.45) is -0.237. The Hall–Kier alpha value is -2.64. The average molecular weight is 402 g/mol. The predicted molar refractivity (Wildman–Crippen MR) is 105 cm³/mol. The molecule has 2 aliphatic heterocycles. The van der Waals surface area contributed by atoms with E-state index < -0.39 is 0 Å². The molecule has 2 saturated heterocycles. The van der Waals surface area contributed by atoms with Crippen LogP contribution in [0.25, 0.3) is 0 Å². The van der Waals surface area contributed by atoms with Gasteiger partial charge in [0.2, 0.25) is 5.75 Å². The normalized spacial score (nSPS) is 25.5. The Balaban J connectivity index is 1.60. The molecule has 2 aliphatic rings. The number of benzene rings is 2. The highest BCUT2D eigenvalue weighted by Gasteiger charge is 2.48. The zero-order chi connectivity index (χ0) is 20.5. The van der Waals surface area contributed by atoms with Crippen molar-refractivity contribution in [3.63, 3.8) is 0 Å². The van der Waals surface area contributed by atoms with Crippen LogP contribution < -0.4 is 18.9 Å². The van der Waals surface area contributed by atoms with Crippen molar-refractivity contribution < 1.29 is 33.5 Å². The van der Waals surface area contributed by atoms with Crippen molar-refractivity contribution in [3.05, 3.63) is 41.5 Å². The van der Waals surface area contributed by atoms with Gasteiger partial charge >= 0.3 is 0 Å². The van der Waals surface area contributed by atoms with E-state index in [4.69, 9.17) is 28.4 Å². The standard InChI is InChI=1S/C22H26O7/c1-24-16-6-5-12(7-17(16)25-2)21-14-10-29-22(15(14)11-28-21)13-8-18(26-3)20(23)19(9-13)27-4/h5-9,14-15,21-23H,10-11H2,1-4H3/t14-,15-,21+,22+/m0/s1. The Morgan fingerprint density at radius 3 is 1.69 bits per heavy atom. The molecule has 1 N–H and O–H groups in total. The maximum absolute atomic E-state index is 10.2. The molecule has 7 heteroatoms. The van der Waals surface area contributed by atoms with Crippen LogP contribution in [0.4, 0.5) is 0 Å². The molecule has 2 aromatic rings. The van der Waals surface area contributed by atoms with Crippen LogP contribution in [-0.4, -0.2) is 46.8 Å². The van der Waals surface area contributed by atoms with Gasteiger partial charge in [0.15, 0.2) is 23.0 Å². The molecule has 2 fully saturated rings. The Labute approximate surface area is 170 Å². The quantitative estimate of drug-likeness (QED) is 0.792. The molecule has 0 aliphatic carbocycles. The molecule has 2 heterocycles. The largest absolute Gasteiger partial charge is 0.502 e. The molecule has 0 radical (unpaired) electrons. The minimum atomic E-state index is -0.159. The third kappa shape index (κ3) is 3.34. The van der Waals surface area contributed by atoms with Crippen molar-refractivity contribution in [2.45, 2.75) is 12.2 Å². The van der Waals surface area contributed by atoms with Crippen molar-refractivity contribution in [3.8, 4) is 28.7 Å². The van der Waals surface area contributed by atoms with E-state index in [1.807, 2.05) is 18.2 Å². The van der Waals surface area contributed by atoms with Gasteiger partial charge in [-0.1, -0.05) is 6.07 Å². The van der Waals surface area contributed by atoms with Gasteiger partial charge in [0.25, 0.3) is 0 Å². The van der Waals surface area contributed by atoms with Crippen molar-refractivity contribution in [1.82, 2.24) is 0 Å². The number of fused-ring (bicyclic) bond motifs is 1. The van der Waals surface area contributed by atoms with E-state index in [1.54, 1.807) is 26.4 Å². The van der Waals surface area contributed by atoms with Gasteiger partial charge in [-0.3, -0.25) is 0 Å². The second-order valence-electron chi connectivity index (χ2n) is 7.22. The first-order valence-electron chi connectivity index (χ1n) is 9.51. The van der Waals surface area contributed by atoms with Crippen molar-refractivity contribution in [2.75, 3.05) is 41.7 Å². The highest BCUT2D eigenvalue weighted by atomic mass is 16.5. The van der Waals surface area contributed by atoms with Crippen LogP contribution in [0.3, 0.4) is 0 Å². The third-order valence-corrected chi connectivity index (χ3v) is 5.83. The summed E-state index contributed by atoms with van der Waals surface area (Å²) in [6, 6.07) is 9.47. The summed E-state index contributed by atoms with van der Waals surface area (Å²) < 4.78 is 33.7. The van der Waals surface area contributed by atoms with Crippen LogP contribution in [-0.2, 0) is 9.47 Å². The molecule has 0 unspecified atom stereocenters. The van der Waals surface area contributed by atoms with E-state index in [0.717, 1.165) is 11.1 Å². The molecule has 4 atom stereocenters. The molecule has 4 rings (SSSR count). The van der Waals surface area contributed by atoms with E-state index in [2.05, 4.69) is 0 Å². The van der Waals surface area contributed by atoms with Crippen LogP contribution in [0.1, 0.15) is 23.3 Å². The van der Waals surface area contributed by atoms with Crippen LogP contribution in [0.15, 0.2) is 30.3 Å². The molecule has 2 aromatic carbocycles. The lowest BCUT2D eigenvalue weighted by Crippen LogP contribution is -2.14. The fourth-order valence-electron chi connectivity index (χ4n) is 4.34. The second kappa shape index (κ2) is 8.00. The first-order chi connectivity index (χ1) is 14.1. The van der Waals surface area contributed by atoms with Gasteiger partial charge in [-0.2, -0.15) is 0 Å². The number of phenolic OH excluding ortho intramolecular Hbond substituents is 1. The average Bonchev–Trinajstić information content (AvgIpc) is 3.35. The van der Waals surface area contributed by atoms with Gasteiger partial charge < -0.3 is 33.5 Å². The maximum atomic E-state index is 10.2. The summed E-state index contributed by atoms with van der Waals surface area (Å²) in [5.41, 5.74) is 1.95. The van der Waals surface area contributed by atoms with E-state index >= 15 is 0 Å². The van der Waals surface area contributed by atoms with E-state index in [9.17, 15) is 5.11 Å². The van der Waals surface area contributed by atoms with Crippen LogP contribution in [0, 0.1) is 11.8 Å². The predicted octanol–water partition coefficient (Wildman–Crippen LogP) is 3.50. The van der Waals surface area contributed by atoms with Crippen molar-refractivity contribution in [1.29, 1.82) is 0 Å². The van der Waals surface area contributed by atoms with Gasteiger partial charge in [-0.05, 0) is 35.4 Å². The first-order valence-corrected chi connectivity index (χ1v) is 9.51. The van der Waals surface area contributed by atoms with Crippen LogP contribution in [0.2, 0.25) is 0 Å². The molecular weight excluding hydrogens is 376 g/mol. The lowest BCUT2D eigenvalue weighted by Gasteiger charge is -2.19. The van der Waals surface area contributed by atoms with Crippen molar-refractivity contribution >= 4 is 0 Å². The summed E-state index contributed by atoms with van der Waals surface area (Å²) in [7, 11) is 6.28. The monoisotopic (exact) mass is 402 g/mol. The van der Waals surface area contributed by atoms with E-state index in [-0.39, 0.29) is 29.8 Å². The zero-order valence-electron chi connectivity index (χ0n) is 17.0. The molecule has 29 heavy (non-hydrogen) atoms. The minimum Gasteiger partial charge on any atom is -0.502 e. The minimum absolute atomic E-state index is 0.0147. The summed E-state index contributed by atoms with van der Waals surface area (Å²) in [4.78, 5) is 0. The van der Waals surface area contributed by atoms with Crippen LogP contribution in [0.5, 0.6) is 28.7 Å². The number of ether oxygens (including phenoxy) is 6. The Morgan fingerprint density at radius 1 is 0.690 bits per heavy atom. The smallest absolute Gasteiger partial charge is 0.200 e. The number of hydrogen-bond donors (Lipinski definition) is 1. The molecular formula is C22H26O7. The Bertz CT molecular complexity index is 856. The summed E-state index contributed by atoms with van der Waals surface area (Å²) in [6.45, 7) is 1.17. The van der Waals surface area contributed by atoms with Crippen molar-refractivity contribution in [2.24, 2.45) is 11.8 Å². The van der Waals surface area contributed by atoms with Gasteiger partial charge in [0, 0.05) is 11.8 Å². The molecule has 0 bridgehead atoms. The topological polar surface area (TPSA) is 75.6 Å². The van der Waals surface area contributed by atoms with E-state index in [0.29, 0.717) is 36.2 Å². The highest BCUT2D eigenvalue weighted by Crippen LogP contribution is 2.52. The highest BCUT2D eigenvalue weighted by molar-refractivity contribution is 5.53. The molecule has 0 aromatic heterocycles.